The summed E-state index contributed by atoms with van der Waals surface area (Å²) in [6, 6.07) is 1.54. The maximum atomic E-state index is 12.6. The standard InChI is InChI=1S/C8H5FIN/c9-5-3-6-7(10)1-2-8(6)11-4-5/h1,3-4H,2H2. The van der Waals surface area contributed by atoms with Gasteiger partial charge in [-0.15, -0.1) is 0 Å². The Labute approximate surface area is 77.5 Å². The number of halogens is 2. The number of fused-ring (bicyclic) bond motifs is 1. The van der Waals surface area contributed by atoms with Crippen LogP contribution in [0.1, 0.15) is 11.3 Å². The molecule has 0 bridgehead atoms. The highest BCUT2D eigenvalue weighted by Gasteiger charge is 2.12. The Morgan fingerprint density at radius 3 is 3.18 bits per heavy atom. The van der Waals surface area contributed by atoms with Crippen LogP contribution in [0.2, 0.25) is 0 Å². The fraction of sp³-hybridized carbons (Fsp3) is 0.125. The van der Waals surface area contributed by atoms with Crippen LogP contribution in [0.5, 0.6) is 0 Å². The molecule has 0 saturated heterocycles. The highest BCUT2D eigenvalue weighted by molar-refractivity contribution is 14.1. The van der Waals surface area contributed by atoms with E-state index in [1.807, 2.05) is 0 Å². The quantitative estimate of drug-likeness (QED) is 0.654. The molecule has 56 valence electrons. The molecule has 0 radical (unpaired) electrons. The molecule has 1 heterocycles. The number of hydrogen-bond acceptors (Lipinski definition) is 1. The molecule has 0 N–H and O–H groups in total. The first kappa shape index (κ1) is 7.21. The lowest BCUT2D eigenvalue weighted by Crippen LogP contribution is -1.89. The number of pyridine rings is 1. The van der Waals surface area contributed by atoms with Gasteiger partial charge in [-0.3, -0.25) is 4.98 Å². The lowest BCUT2D eigenvalue weighted by Gasteiger charge is -1.97. The molecule has 0 fully saturated rings. The second kappa shape index (κ2) is 2.55. The Balaban J connectivity index is 2.60. The lowest BCUT2D eigenvalue weighted by molar-refractivity contribution is 0.619. The van der Waals surface area contributed by atoms with Gasteiger partial charge in [-0.05, 0) is 28.7 Å². The van der Waals surface area contributed by atoms with E-state index in [4.69, 9.17) is 0 Å². The Morgan fingerprint density at radius 2 is 2.36 bits per heavy atom. The summed E-state index contributed by atoms with van der Waals surface area (Å²) in [4.78, 5) is 3.98. The first-order valence-electron chi connectivity index (χ1n) is 3.28. The molecule has 2 rings (SSSR count). The molecule has 0 atom stereocenters. The molecule has 11 heavy (non-hydrogen) atoms. The van der Waals surface area contributed by atoms with Crippen LogP contribution in [0.4, 0.5) is 4.39 Å². The minimum absolute atomic E-state index is 0.256. The number of hydrogen-bond donors (Lipinski definition) is 0. The van der Waals surface area contributed by atoms with Gasteiger partial charge in [0.1, 0.15) is 5.82 Å². The first-order valence-corrected chi connectivity index (χ1v) is 4.36. The molecule has 0 aromatic carbocycles. The van der Waals surface area contributed by atoms with Gasteiger partial charge in [0.2, 0.25) is 0 Å². The van der Waals surface area contributed by atoms with Crippen molar-refractivity contribution in [3.05, 3.63) is 35.4 Å². The average Bonchev–Trinajstić information content (AvgIpc) is 2.33. The van der Waals surface area contributed by atoms with Gasteiger partial charge in [-0.2, -0.15) is 0 Å². The predicted octanol–water partition coefficient (Wildman–Crippen LogP) is 2.55. The number of nitrogens with zero attached hydrogens (tertiary/aromatic N) is 1. The van der Waals surface area contributed by atoms with E-state index < -0.39 is 0 Å². The largest absolute Gasteiger partial charge is 0.257 e. The third kappa shape index (κ3) is 1.17. The van der Waals surface area contributed by atoms with Gasteiger partial charge in [-0.25, -0.2) is 4.39 Å². The van der Waals surface area contributed by atoms with E-state index in [-0.39, 0.29) is 5.82 Å². The van der Waals surface area contributed by atoms with Gasteiger partial charge in [0.15, 0.2) is 0 Å². The summed E-state index contributed by atoms with van der Waals surface area (Å²) in [5, 5.41) is 0. The summed E-state index contributed by atoms with van der Waals surface area (Å²) >= 11 is 2.19. The van der Waals surface area contributed by atoms with E-state index in [1.54, 1.807) is 0 Å². The normalized spacial score (nSPS) is 14.5. The van der Waals surface area contributed by atoms with Crippen LogP contribution in [-0.4, -0.2) is 4.98 Å². The van der Waals surface area contributed by atoms with Gasteiger partial charge in [-0.1, -0.05) is 6.08 Å². The second-order valence-electron chi connectivity index (χ2n) is 2.40. The van der Waals surface area contributed by atoms with E-state index in [0.717, 1.165) is 21.3 Å². The molecular formula is C8H5FIN. The topological polar surface area (TPSA) is 12.9 Å². The smallest absolute Gasteiger partial charge is 0.142 e. The molecule has 1 nitrogen and oxygen atoms in total. The summed E-state index contributed by atoms with van der Waals surface area (Å²) in [6.07, 6.45) is 4.16. The SMILES string of the molecule is Fc1cnc2c(c1)C(I)=CC2. The fourth-order valence-electron chi connectivity index (χ4n) is 1.13. The third-order valence-electron chi connectivity index (χ3n) is 1.67. The zero-order valence-corrected chi connectivity index (χ0v) is 7.80. The van der Waals surface area contributed by atoms with E-state index in [0.29, 0.717) is 0 Å². The molecule has 0 aliphatic heterocycles. The van der Waals surface area contributed by atoms with Gasteiger partial charge in [0.05, 0.1) is 11.9 Å². The first-order chi connectivity index (χ1) is 5.27. The highest BCUT2D eigenvalue weighted by Crippen LogP contribution is 2.30. The molecule has 1 aliphatic rings. The van der Waals surface area contributed by atoms with E-state index >= 15 is 0 Å². The van der Waals surface area contributed by atoms with E-state index in [2.05, 4.69) is 33.7 Å². The average molecular weight is 261 g/mol. The minimum atomic E-state index is -0.256. The molecule has 0 spiro atoms. The van der Waals surface area contributed by atoms with Gasteiger partial charge >= 0.3 is 0 Å². The molecule has 3 heteroatoms. The maximum Gasteiger partial charge on any atom is 0.142 e. The minimum Gasteiger partial charge on any atom is -0.257 e. The summed E-state index contributed by atoms with van der Waals surface area (Å²) in [5.74, 6) is -0.256. The summed E-state index contributed by atoms with van der Waals surface area (Å²) in [5.41, 5.74) is 1.93. The van der Waals surface area contributed by atoms with Crippen molar-refractivity contribution in [1.29, 1.82) is 0 Å². The van der Waals surface area contributed by atoms with Crippen LogP contribution in [0.15, 0.2) is 18.3 Å². The zero-order valence-electron chi connectivity index (χ0n) is 5.64. The zero-order chi connectivity index (χ0) is 7.84. The van der Waals surface area contributed by atoms with Crippen molar-refractivity contribution >= 4 is 26.2 Å². The van der Waals surface area contributed by atoms with Crippen LogP contribution in [-0.2, 0) is 6.42 Å². The molecule has 0 saturated carbocycles. The molecule has 1 aromatic rings. The predicted molar refractivity (Wildman–Crippen MR) is 49.9 cm³/mol. The van der Waals surface area contributed by atoms with Crippen molar-refractivity contribution in [1.82, 2.24) is 4.98 Å². The van der Waals surface area contributed by atoms with Crippen molar-refractivity contribution < 1.29 is 4.39 Å². The lowest BCUT2D eigenvalue weighted by atomic mass is 10.2. The van der Waals surface area contributed by atoms with Crippen molar-refractivity contribution in [2.45, 2.75) is 6.42 Å². The summed E-state index contributed by atoms with van der Waals surface area (Å²) < 4.78 is 13.7. The van der Waals surface area contributed by atoms with Crippen LogP contribution < -0.4 is 0 Å². The molecule has 0 amide bonds. The molecule has 1 aliphatic carbocycles. The second-order valence-corrected chi connectivity index (χ2v) is 3.57. The summed E-state index contributed by atoms with van der Waals surface area (Å²) in [6.45, 7) is 0. The van der Waals surface area contributed by atoms with Crippen molar-refractivity contribution in [2.75, 3.05) is 0 Å². The maximum absolute atomic E-state index is 12.6. The fourth-order valence-corrected chi connectivity index (χ4v) is 1.82. The van der Waals surface area contributed by atoms with Crippen molar-refractivity contribution in [3.63, 3.8) is 0 Å². The monoisotopic (exact) mass is 261 g/mol. The third-order valence-corrected chi connectivity index (χ3v) is 2.69. The van der Waals surface area contributed by atoms with Crippen LogP contribution in [0.3, 0.4) is 0 Å². The molecular weight excluding hydrogens is 256 g/mol. The van der Waals surface area contributed by atoms with Crippen LogP contribution >= 0.6 is 22.6 Å². The van der Waals surface area contributed by atoms with E-state index in [9.17, 15) is 4.39 Å². The van der Waals surface area contributed by atoms with Crippen LogP contribution in [0.25, 0.3) is 3.58 Å². The number of rotatable bonds is 0. The van der Waals surface area contributed by atoms with E-state index in [1.165, 1.54) is 12.3 Å². The molecule has 0 unspecified atom stereocenters. The van der Waals surface area contributed by atoms with Gasteiger partial charge in [0, 0.05) is 15.6 Å². The Hall–Kier alpha value is -0.450. The number of allylic oxidation sites excluding steroid dienone is 1. The Kier molecular flexibility index (Phi) is 1.67. The molecule has 1 aromatic heterocycles. The van der Waals surface area contributed by atoms with Crippen LogP contribution in [0, 0.1) is 5.82 Å². The Morgan fingerprint density at radius 1 is 1.55 bits per heavy atom. The van der Waals surface area contributed by atoms with Gasteiger partial charge in [0.25, 0.3) is 0 Å². The van der Waals surface area contributed by atoms with Gasteiger partial charge < -0.3 is 0 Å². The number of aromatic nitrogens is 1. The Bertz CT molecular complexity index is 333. The summed E-state index contributed by atoms with van der Waals surface area (Å²) in [7, 11) is 0. The van der Waals surface area contributed by atoms with Crippen molar-refractivity contribution in [2.24, 2.45) is 0 Å². The highest BCUT2D eigenvalue weighted by atomic mass is 127. The van der Waals surface area contributed by atoms with Crippen molar-refractivity contribution in [3.8, 4) is 0 Å².